The number of aryl methyl sites for hydroxylation is 1. The number of hydrogen-bond acceptors (Lipinski definition) is 2. The van der Waals surface area contributed by atoms with Gasteiger partial charge in [0.25, 0.3) is 0 Å². The smallest absolute Gasteiger partial charge is 0.0231 e. The zero-order valence-electron chi connectivity index (χ0n) is 11.1. The maximum absolute atomic E-state index is 3.58. The average Bonchev–Trinajstić information content (AvgIpc) is 2.30. The zero-order valence-corrected chi connectivity index (χ0v) is 12.7. The van der Waals surface area contributed by atoms with Crippen molar-refractivity contribution < 1.29 is 0 Å². The van der Waals surface area contributed by atoms with Crippen molar-refractivity contribution in [2.75, 3.05) is 26.7 Å². The highest BCUT2D eigenvalue weighted by Crippen LogP contribution is 2.18. The molecule has 0 fully saturated rings. The molecule has 1 N–H and O–H groups in total. The quantitative estimate of drug-likeness (QED) is 0.778. The summed E-state index contributed by atoms with van der Waals surface area (Å²) in [4.78, 5) is 2.35. The molecule has 0 heterocycles. The molecule has 0 aliphatic carbocycles. The first-order valence-corrected chi connectivity index (χ1v) is 7.07. The molecule has 0 aliphatic rings. The van der Waals surface area contributed by atoms with E-state index in [9.17, 15) is 0 Å². The molecule has 0 aromatic heterocycles. The van der Waals surface area contributed by atoms with Crippen molar-refractivity contribution in [1.82, 2.24) is 10.2 Å². The molecule has 0 aliphatic heterocycles. The Hall–Kier alpha value is -0.380. The Morgan fingerprint density at radius 1 is 1.29 bits per heavy atom. The van der Waals surface area contributed by atoms with E-state index in [2.05, 4.69) is 65.2 Å². The van der Waals surface area contributed by atoms with Gasteiger partial charge in [0.2, 0.25) is 0 Å². The predicted octanol–water partition coefficient (Wildman–Crippen LogP) is 3.19. The van der Waals surface area contributed by atoms with Crippen molar-refractivity contribution in [2.45, 2.75) is 26.8 Å². The van der Waals surface area contributed by atoms with Gasteiger partial charge in [-0.25, -0.2) is 0 Å². The van der Waals surface area contributed by atoms with Crippen molar-refractivity contribution >= 4 is 15.9 Å². The molecule has 0 saturated carbocycles. The molecule has 17 heavy (non-hydrogen) atoms. The maximum atomic E-state index is 3.58. The SMILES string of the molecule is CCCNCCN(C)Cc1ccc(C)c(Br)c1. The van der Waals surface area contributed by atoms with E-state index in [1.807, 2.05) is 0 Å². The normalized spacial score (nSPS) is 11.1. The highest BCUT2D eigenvalue weighted by atomic mass is 79.9. The Bertz CT molecular complexity index is 339. The molecule has 1 aromatic rings. The van der Waals surface area contributed by atoms with E-state index in [1.165, 1.54) is 22.0 Å². The van der Waals surface area contributed by atoms with Crippen LogP contribution in [0.2, 0.25) is 0 Å². The van der Waals surface area contributed by atoms with E-state index < -0.39 is 0 Å². The van der Waals surface area contributed by atoms with E-state index in [0.717, 1.165) is 26.2 Å². The largest absolute Gasteiger partial charge is 0.315 e. The number of nitrogens with one attached hydrogen (secondary N) is 1. The summed E-state index contributed by atoms with van der Waals surface area (Å²) >= 11 is 3.58. The molecule has 96 valence electrons. The summed E-state index contributed by atoms with van der Waals surface area (Å²) in [7, 11) is 2.17. The van der Waals surface area contributed by atoms with Crippen LogP contribution in [0.25, 0.3) is 0 Å². The van der Waals surface area contributed by atoms with Crippen molar-refractivity contribution in [3.05, 3.63) is 33.8 Å². The fourth-order valence-electron chi connectivity index (χ4n) is 1.70. The van der Waals surface area contributed by atoms with E-state index in [1.54, 1.807) is 0 Å². The second-order valence-corrected chi connectivity index (χ2v) is 5.43. The maximum Gasteiger partial charge on any atom is 0.0231 e. The topological polar surface area (TPSA) is 15.3 Å². The molecule has 0 radical (unpaired) electrons. The van der Waals surface area contributed by atoms with Crippen molar-refractivity contribution in [1.29, 1.82) is 0 Å². The molecule has 1 aromatic carbocycles. The second-order valence-electron chi connectivity index (χ2n) is 4.57. The van der Waals surface area contributed by atoms with Crippen molar-refractivity contribution in [3.63, 3.8) is 0 Å². The minimum Gasteiger partial charge on any atom is -0.315 e. The number of hydrogen-bond donors (Lipinski definition) is 1. The molecule has 0 amide bonds. The zero-order chi connectivity index (χ0) is 12.7. The lowest BCUT2D eigenvalue weighted by molar-refractivity contribution is 0.324. The second kappa shape index (κ2) is 7.85. The summed E-state index contributed by atoms with van der Waals surface area (Å²) in [6, 6.07) is 6.59. The number of rotatable bonds is 7. The van der Waals surface area contributed by atoms with Crippen LogP contribution < -0.4 is 5.32 Å². The highest BCUT2D eigenvalue weighted by Gasteiger charge is 2.02. The lowest BCUT2D eigenvalue weighted by atomic mass is 10.1. The van der Waals surface area contributed by atoms with Gasteiger partial charge in [0.05, 0.1) is 0 Å². The molecule has 0 atom stereocenters. The van der Waals surface area contributed by atoms with Gasteiger partial charge in [-0.1, -0.05) is 35.0 Å². The molecule has 1 rings (SSSR count). The summed E-state index contributed by atoms with van der Waals surface area (Å²) in [5.41, 5.74) is 2.65. The lowest BCUT2D eigenvalue weighted by Gasteiger charge is -2.17. The van der Waals surface area contributed by atoms with Gasteiger partial charge in [0.15, 0.2) is 0 Å². The van der Waals surface area contributed by atoms with E-state index in [0.29, 0.717) is 0 Å². The van der Waals surface area contributed by atoms with Crippen LogP contribution in [0.4, 0.5) is 0 Å². The standard InChI is InChI=1S/C14H23BrN2/c1-4-7-16-8-9-17(3)11-13-6-5-12(2)14(15)10-13/h5-6,10,16H,4,7-9,11H2,1-3H3. The summed E-state index contributed by atoms with van der Waals surface area (Å²) in [5, 5.41) is 3.42. The van der Waals surface area contributed by atoms with Crippen LogP contribution in [0, 0.1) is 6.92 Å². The summed E-state index contributed by atoms with van der Waals surface area (Å²) in [5.74, 6) is 0. The highest BCUT2D eigenvalue weighted by molar-refractivity contribution is 9.10. The molecule has 0 unspecified atom stereocenters. The van der Waals surface area contributed by atoms with Gasteiger partial charge >= 0.3 is 0 Å². The van der Waals surface area contributed by atoms with Gasteiger partial charge < -0.3 is 10.2 Å². The van der Waals surface area contributed by atoms with Crippen LogP contribution in [0.5, 0.6) is 0 Å². The van der Waals surface area contributed by atoms with Crippen LogP contribution in [0.15, 0.2) is 22.7 Å². The Kier molecular flexibility index (Phi) is 6.78. The van der Waals surface area contributed by atoms with Crippen LogP contribution in [0.3, 0.4) is 0 Å². The van der Waals surface area contributed by atoms with Crippen LogP contribution in [-0.4, -0.2) is 31.6 Å². The third-order valence-corrected chi connectivity index (χ3v) is 3.64. The minimum absolute atomic E-state index is 1.01. The molecular formula is C14H23BrN2. The Labute approximate surface area is 114 Å². The summed E-state index contributed by atoms with van der Waals surface area (Å²) in [6.07, 6.45) is 1.20. The number of benzene rings is 1. The first-order valence-electron chi connectivity index (χ1n) is 6.27. The molecule has 3 heteroatoms. The summed E-state index contributed by atoms with van der Waals surface area (Å²) in [6.45, 7) is 8.59. The Morgan fingerprint density at radius 2 is 2.06 bits per heavy atom. The van der Waals surface area contributed by atoms with Gasteiger partial charge in [0.1, 0.15) is 0 Å². The van der Waals surface area contributed by atoms with Gasteiger partial charge in [-0.15, -0.1) is 0 Å². The van der Waals surface area contributed by atoms with Gasteiger partial charge in [-0.05, 0) is 44.1 Å². The third-order valence-electron chi connectivity index (χ3n) is 2.79. The predicted molar refractivity (Wildman–Crippen MR) is 78.4 cm³/mol. The molecule has 0 saturated heterocycles. The fourth-order valence-corrected chi connectivity index (χ4v) is 2.12. The molecule has 0 bridgehead atoms. The molecular weight excluding hydrogens is 276 g/mol. The summed E-state index contributed by atoms with van der Waals surface area (Å²) < 4.78 is 1.20. The van der Waals surface area contributed by atoms with Gasteiger partial charge in [-0.3, -0.25) is 0 Å². The fraction of sp³-hybridized carbons (Fsp3) is 0.571. The third kappa shape index (κ3) is 5.66. The first-order chi connectivity index (χ1) is 8.13. The van der Waals surface area contributed by atoms with Crippen molar-refractivity contribution in [2.24, 2.45) is 0 Å². The Balaban J connectivity index is 2.34. The van der Waals surface area contributed by atoms with Crippen molar-refractivity contribution in [3.8, 4) is 0 Å². The number of halogens is 1. The monoisotopic (exact) mass is 298 g/mol. The lowest BCUT2D eigenvalue weighted by Crippen LogP contribution is -2.29. The van der Waals surface area contributed by atoms with Gasteiger partial charge in [-0.2, -0.15) is 0 Å². The van der Waals surface area contributed by atoms with Crippen LogP contribution in [-0.2, 0) is 6.54 Å². The van der Waals surface area contributed by atoms with Gasteiger partial charge in [0, 0.05) is 24.1 Å². The molecule has 2 nitrogen and oxygen atoms in total. The first kappa shape index (κ1) is 14.7. The Morgan fingerprint density at radius 3 is 2.71 bits per heavy atom. The van der Waals surface area contributed by atoms with Crippen LogP contribution >= 0.6 is 15.9 Å². The van der Waals surface area contributed by atoms with E-state index in [4.69, 9.17) is 0 Å². The average molecular weight is 299 g/mol. The van der Waals surface area contributed by atoms with Crippen LogP contribution in [0.1, 0.15) is 24.5 Å². The molecule has 0 spiro atoms. The number of nitrogens with zero attached hydrogens (tertiary/aromatic N) is 1. The van der Waals surface area contributed by atoms with E-state index in [-0.39, 0.29) is 0 Å². The minimum atomic E-state index is 1.01. The number of likely N-dealkylation sites (N-methyl/N-ethyl adjacent to an activating group) is 1. The van der Waals surface area contributed by atoms with E-state index >= 15 is 0 Å².